The number of fused-ring (bicyclic) bond motifs is 2. The second kappa shape index (κ2) is 11.2. The number of anilines is 2. The molecule has 43 heavy (non-hydrogen) atoms. The van der Waals surface area contributed by atoms with Crippen LogP contribution in [0.3, 0.4) is 0 Å². The quantitative estimate of drug-likeness (QED) is 0.105. The lowest BCUT2D eigenvalue weighted by molar-refractivity contribution is -0.127. The van der Waals surface area contributed by atoms with Gasteiger partial charge in [0.2, 0.25) is 0 Å². The molecule has 6 rings (SSSR count). The fourth-order valence-electron chi connectivity index (χ4n) is 4.71. The monoisotopic (exact) mass is 676 g/mol. The minimum atomic E-state index is -4.30. The first-order valence-electron chi connectivity index (χ1n) is 12.2. The zero-order valence-corrected chi connectivity index (χ0v) is 25.0. The number of nitrogens with zero attached hydrogens (tertiary/aromatic N) is 7. The van der Waals surface area contributed by atoms with Gasteiger partial charge in [0.05, 0.1) is 19.0 Å². The van der Waals surface area contributed by atoms with Crippen LogP contribution in [-0.2, 0) is 37.0 Å². The molecule has 0 spiro atoms. The Labute approximate surface area is 249 Å². The molecule has 6 heterocycles. The Morgan fingerprint density at radius 1 is 1.05 bits per heavy atom. The third-order valence-electron chi connectivity index (χ3n) is 6.44. The predicted octanol–water partition coefficient (Wildman–Crippen LogP) is 0.712. The number of Topliss-reactive ketones (excluding diaryl/α,β-unsaturated/α-hetero) is 1. The van der Waals surface area contributed by atoms with Crippen LogP contribution in [0.25, 0.3) is 22.3 Å². The average Bonchev–Trinajstić information content (AvgIpc) is 3.67. The Morgan fingerprint density at radius 2 is 1.77 bits per heavy atom. The van der Waals surface area contributed by atoms with E-state index in [9.17, 15) is 23.6 Å². The van der Waals surface area contributed by atoms with Crippen LogP contribution in [0.1, 0.15) is 25.3 Å². The highest BCUT2D eigenvalue weighted by Crippen LogP contribution is 2.58. The zero-order chi connectivity index (χ0) is 30.7. The number of rotatable bonds is 9. The van der Waals surface area contributed by atoms with Gasteiger partial charge < -0.3 is 30.8 Å². The summed E-state index contributed by atoms with van der Waals surface area (Å²) < 4.78 is 55.0. The summed E-state index contributed by atoms with van der Waals surface area (Å²) in [5.74, 6) is -0.376. The van der Waals surface area contributed by atoms with Crippen LogP contribution in [0.2, 0.25) is 0 Å². The highest BCUT2D eigenvalue weighted by atomic mass is 32.7. The maximum absolute atomic E-state index is 13.3. The molecule has 2 aliphatic heterocycles. The molecule has 2 aliphatic rings. The van der Waals surface area contributed by atoms with Gasteiger partial charge in [-0.3, -0.25) is 22.9 Å². The normalized spacial score (nSPS) is 27.1. The summed E-state index contributed by atoms with van der Waals surface area (Å²) in [5, 5.41) is 0. The Kier molecular flexibility index (Phi) is 7.86. The third-order valence-corrected chi connectivity index (χ3v) is 8.87. The standard InChI is InChI=1S/C19H22N10O10P2S2/c20-13-11-15(24-4-22-13)28(6-26-11)18-9(2-10(37-18)39-40(32,33)42)38-41(34,43)35-3-7-1-8(30)17(36-7)29-16-12(27-19(29)31)14(21)23-5-25-16/h4-7,9-10,17-18H,1-3H2,(H,27,31)(H,34,43)(H2,20,22,24)(H2,21,23,25)(H2,32,33,42)/t7-,9?,10+,17+,18+,41?/m0/s1. The van der Waals surface area contributed by atoms with Gasteiger partial charge in [-0.05, 0) is 0 Å². The molecule has 20 nitrogen and oxygen atoms in total. The van der Waals surface area contributed by atoms with Gasteiger partial charge >= 0.3 is 19.3 Å². The molecule has 0 bridgehead atoms. The Balaban J connectivity index is 1.17. The van der Waals surface area contributed by atoms with Gasteiger partial charge in [-0.15, -0.1) is 0 Å². The van der Waals surface area contributed by atoms with E-state index in [1.54, 1.807) is 0 Å². The van der Waals surface area contributed by atoms with Crippen molar-refractivity contribution in [3.05, 3.63) is 29.5 Å². The number of H-pyrrole nitrogens is 1. The highest BCUT2D eigenvalue weighted by molar-refractivity contribution is 8.44. The number of ether oxygens (including phenoxy) is 2. The first kappa shape index (κ1) is 30.1. The van der Waals surface area contributed by atoms with Crippen LogP contribution in [0.4, 0.5) is 11.6 Å². The van der Waals surface area contributed by atoms with Gasteiger partial charge in [-0.2, -0.15) is 0 Å². The van der Waals surface area contributed by atoms with E-state index < -0.39 is 62.6 Å². The molecule has 0 aromatic carbocycles. The Bertz CT molecular complexity index is 1880. The molecule has 0 aliphatic carbocycles. The smallest absolute Gasteiger partial charge is 0.382 e. The molecule has 6 N–H and O–H groups in total. The van der Waals surface area contributed by atoms with Crippen LogP contribution in [-0.4, -0.2) is 74.8 Å². The molecule has 0 saturated carbocycles. The van der Waals surface area contributed by atoms with Crippen molar-refractivity contribution in [2.45, 2.75) is 43.8 Å². The lowest BCUT2D eigenvalue weighted by atomic mass is 10.2. The molecular weight excluding hydrogens is 654 g/mol. The maximum Gasteiger partial charge on any atom is 0.386 e. The fraction of sp³-hybridized carbons (Fsp3) is 0.421. The van der Waals surface area contributed by atoms with Gasteiger partial charge in [-0.1, -0.05) is 24.5 Å². The van der Waals surface area contributed by atoms with Crippen molar-refractivity contribution in [1.82, 2.24) is 39.0 Å². The molecule has 7 atom stereocenters. The van der Waals surface area contributed by atoms with Crippen molar-refractivity contribution in [3.8, 4) is 0 Å². The SMILES string of the molecule is Nc1ncnc2c1ncn2[C@@H]1O[C@H](OP(=O)(O)S)CC1OP(=O)(S)OC[C@@H]1CC(=O)[C@H](n2c(=O)[nH]c3c(N)ncnc32)O1. The Morgan fingerprint density at radius 3 is 2.51 bits per heavy atom. The first-order valence-corrected chi connectivity index (χ1v) is 17.6. The topological polar surface area (TPSA) is 277 Å². The second-order valence-electron chi connectivity index (χ2n) is 9.32. The zero-order valence-electron chi connectivity index (χ0n) is 21.4. The van der Waals surface area contributed by atoms with E-state index in [-0.39, 0.29) is 46.8 Å². The second-order valence-corrected chi connectivity index (χ2v) is 14.9. The molecule has 230 valence electrons. The molecule has 0 amide bonds. The van der Waals surface area contributed by atoms with Gasteiger partial charge in [0.1, 0.15) is 29.8 Å². The summed E-state index contributed by atoms with van der Waals surface area (Å²) in [7, 11) is 0. The molecule has 2 fully saturated rings. The number of hydrogen-bond donors (Lipinski definition) is 6. The minimum absolute atomic E-state index is 0.0111. The summed E-state index contributed by atoms with van der Waals surface area (Å²) in [5.41, 5.74) is 11.6. The summed E-state index contributed by atoms with van der Waals surface area (Å²) in [6.45, 7) is -8.94. The molecule has 24 heteroatoms. The van der Waals surface area contributed by atoms with Gasteiger partial charge in [0, 0.05) is 12.8 Å². The molecule has 0 radical (unpaired) electrons. The molecule has 2 saturated heterocycles. The van der Waals surface area contributed by atoms with Crippen molar-refractivity contribution in [2.75, 3.05) is 18.1 Å². The summed E-state index contributed by atoms with van der Waals surface area (Å²) in [6, 6.07) is 0. The van der Waals surface area contributed by atoms with Gasteiger partial charge in [0.15, 0.2) is 47.5 Å². The lowest BCUT2D eigenvalue weighted by Crippen LogP contribution is -2.27. The van der Waals surface area contributed by atoms with Crippen molar-refractivity contribution < 1.29 is 41.9 Å². The van der Waals surface area contributed by atoms with E-state index in [1.165, 1.54) is 17.2 Å². The van der Waals surface area contributed by atoms with E-state index in [4.69, 9.17) is 34.5 Å². The maximum atomic E-state index is 13.3. The number of nitrogen functional groups attached to an aromatic ring is 2. The third kappa shape index (κ3) is 6.07. The average molecular weight is 677 g/mol. The van der Waals surface area contributed by atoms with Gasteiger partial charge in [0.25, 0.3) is 0 Å². The summed E-state index contributed by atoms with van der Waals surface area (Å²) in [6.07, 6.45) is -2.67. The molecule has 4 aromatic heterocycles. The highest BCUT2D eigenvalue weighted by Gasteiger charge is 2.45. The van der Waals surface area contributed by atoms with Crippen LogP contribution in [0, 0.1) is 0 Å². The molecule has 4 aromatic rings. The number of nitrogens with two attached hydrogens (primary N) is 2. The van der Waals surface area contributed by atoms with Crippen molar-refractivity contribution in [3.63, 3.8) is 0 Å². The van der Waals surface area contributed by atoms with Crippen molar-refractivity contribution in [2.24, 2.45) is 0 Å². The fourth-order valence-corrected chi connectivity index (χ4v) is 6.98. The largest absolute Gasteiger partial charge is 0.386 e. The Hall–Kier alpha value is -2.91. The van der Waals surface area contributed by atoms with Crippen molar-refractivity contribution in [1.29, 1.82) is 0 Å². The number of imidazole rings is 2. The number of thiol groups is 2. The minimum Gasteiger partial charge on any atom is -0.382 e. The number of carbonyl (C=O) groups is 1. The lowest BCUT2D eigenvalue weighted by Gasteiger charge is -2.23. The number of carbonyl (C=O) groups excluding carboxylic acids is 1. The van der Waals surface area contributed by atoms with Crippen LogP contribution in [0.15, 0.2) is 23.8 Å². The number of hydrogen-bond acceptors (Lipinski definition) is 16. The van der Waals surface area contributed by atoms with Crippen LogP contribution >= 0.6 is 38.1 Å². The number of nitrogens with one attached hydrogen (secondary N) is 1. The molecular formula is C19H22N10O10P2S2. The first-order chi connectivity index (χ1) is 20.3. The van der Waals surface area contributed by atoms with E-state index in [1.807, 2.05) is 0 Å². The predicted molar refractivity (Wildman–Crippen MR) is 152 cm³/mol. The summed E-state index contributed by atoms with van der Waals surface area (Å²) in [4.78, 5) is 57.3. The van der Waals surface area contributed by atoms with E-state index in [0.29, 0.717) is 0 Å². The van der Waals surface area contributed by atoms with E-state index in [0.717, 1.165) is 10.9 Å². The number of aromatic amines is 1. The summed E-state index contributed by atoms with van der Waals surface area (Å²) >= 11 is 7.57. The number of ketones is 1. The number of aromatic nitrogens is 8. The van der Waals surface area contributed by atoms with Gasteiger partial charge in [-0.25, -0.2) is 43.4 Å². The van der Waals surface area contributed by atoms with Crippen molar-refractivity contribution >= 4 is 77.8 Å². The van der Waals surface area contributed by atoms with Crippen LogP contribution < -0.4 is 17.2 Å². The molecule has 3 unspecified atom stereocenters. The van der Waals surface area contributed by atoms with Crippen LogP contribution in [0.5, 0.6) is 0 Å². The van der Waals surface area contributed by atoms with E-state index >= 15 is 0 Å². The van der Waals surface area contributed by atoms with E-state index in [2.05, 4.69) is 54.4 Å².